The van der Waals surface area contributed by atoms with Crippen molar-refractivity contribution in [2.75, 3.05) is 7.11 Å². The van der Waals surface area contributed by atoms with E-state index in [-0.39, 0.29) is 6.42 Å². The van der Waals surface area contributed by atoms with Crippen LogP contribution in [-0.4, -0.2) is 24.2 Å². The summed E-state index contributed by atoms with van der Waals surface area (Å²) in [6.07, 6.45) is 1.61. The van der Waals surface area contributed by atoms with Crippen molar-refractivity contribution >= 4 is 5.97 Å². The molecule has 5 heteroatoms. The lowest BCUT2D eigenvalue weighted by atomic mass is 10.1. The zero-order valence-electron chi connectivity index (χ0n) is 9.63. The van der Waals surface area contributed by atoms with Crippen LogP contribution in [0.4, 0.5) is 0 Å². The van der Waals surface area contributed by atoms with E-state index in [1.165, 1.54) is 0 Å². The number of carbonyl (C=O) groups is 1. The molecule has 1 unspecified atom stereocenters. The Morgan fingerprint density at radius 2 is 2.06 bits per heavy atom. The van der Waals surface area contributed by atoms with Crippen molar-refractivity contribution in [1.82, 2.24) is 0 Å². The maximum atomic E-state index is 10.5. The molecule has 92 valence electrons. The first kappa shape index (κ1) is 13.2. The van der Waals surface area contributed by atoms with E-state index in [1.54, 1.807) is 7.11 Å². The summed E-state index contributed by atoms with van der Waals surface area (Å²) in [4.78, 5) is 20.8. The average molecular weight is 237 g/mol. The third-order valence-electron chi connectivity index (χ3n) is 2.51. The molecule has 0 aromatic heterocycles. The second kappa shape index (κ2) is 6.62. The number of nitroso groups, excluding NO2 is 1. The molecule has 1 atom stereocenters. The van der Waals surface area contributed by atoms with Crippen molar-refractivity contribution in [2.24, 2.45) is 5.18 Å². The highest BCUT2D eigenvalue weighted by Gasteiger charge is 2.16. The molecule has 0 heterocycles. The number of rotatable bonds is 7. The topological polar surface area (TPSA) is 76.0 Å². The van der Waals surface area contributed by atoms with Crippen molar-refractivity contribution in [3.63, 3.8) is 0 Å². The molecule has 0 aliphatic heterocycles. The van der Waals surface area contributed by atoms with Gasteiger partial charge in [-0.05, 0) is 37.0 Å². The van der Waals surface area contributed by atoms with Gasteiger partial charge in [-0.15, -0.1) is 4.91 Å². The van der Waals surface area contributed by atoms with Crippen molar-refractivity contribution in [3.05, 3.63) is 34.7 Å². The van der Waals surface area contributed by atoms with Gasteiger partial charge in [-0.2, -0.15) is 0 Å². The molecule has 0 aliphatic rings. The standard InChI is InChI=1S/C12H15NO4/c1-17-10-7-5-9(6-8-10)3-2-4-11(13-16)12(14)15/h5-8,11H,2-4H2,1H3,(H,14,15). The van der Waals surface area contributed by atoms with Crippen LogP contribution in [0.25, 0.3) is 0 Å². The lowest BCUT2D eigenvalue weighted by Crippen LogP contribution is -2.17. The van der Waals surface area contributed by atoms with Crippen LogP contribution in [0, 0.1) is 4.91 Å². The fourth-order valence-electron chi connectivity index (χ4n) is 1.51. The molecule has 0 saturated carbocycles. The molecule has 1 N–H and O–H groups in total. The monoisotopic (exact) mass is 237 g/mol. The molecule has 0 spiro atoms. The van der Waals surface area contributed by atoms with E-state index in [9.17, 15) is 9.70 Å². The summed E-state index contributed by atoms with van der Waals surface area (Å²) in [5.41, 5.74) is 1.08. The van der Waals surface area contributed by atoms with E-state index in [4.69, 9.17) is 9.84 Å². The molecular weight excluding hydrogens is 222 g/mol. The number of ether oxygens (including phenoxy) is 1. The van der Waals surface area contributed by atoms with Gasteiger partial charge in [0.05, 0.1) is 7.11 Å². The molecule has 1 rings (SSSR count). The van der Waals surface area contributed by atoms with Crippen molar-refractivity contribution < 1.29 is 14.6 Å². The minimum atomic E-state index is -1.16. The van der Waals surface area contributed by atoms with Crippen LogP contribution in [-0.2, 0) is 11.2 Å². The van der Waals surface area contributed by atoms with Crippen LogP contribution in [0.5, 0.6) is 5.75 Å². The molecule has 0 saturated heterocycles. The summed E-state index contributed by atoms with van der Waals surface area (Å²) in [6, 6.07) is 6.41. The Balaban J connectivity index is 2.39. The fourth-order valence-corrected chi connectivity index (χ4v) is 1.51. The van der Waals surface area contributed by atoms with Gasteiger partial charge in [0, 0.05) is 0 Å². The van der Waals surface area contributed by atoms with Crippen LogP contribution >= 0.6 is 0 Å². The van der Waals surface area contributed by atoms with Gasteiger partial charge >= 0.3 is 5.97 Å². The number of aryl methyl sites for hydroxylation is 1. The largest absolute Gasteiger partial charge is 0.497 e. The number of nitrogens with zero attached hydrogens (tertiary/aromatic N) is 1. The highest BCUT2D eigenvalue weighted by molar-refractivity contribution is 5.73. The summed E-state index contributed by atoms with van der Waals surface area (Å²) in [7, 11) is 1.60. The van der Waals surface area contributed by atoms with Gasteiger partial charge in [-0.25, -0.2) is 4.79 Å². The Kier molecular flexibility index (Phi) is 5.13. The zero-order chi connectivity index (χ0) is 12.7. The van der Waals surface area contributed by atoms with Crippen molar-refractivity contribution in [3.8, 4) is 5.75 Å². The smallest absolute Gasteiger partial charge is 0.332 e. The number of carboxylic acid groups (broad SMARTS) is 1. The number of hydrogen-bond donors (Lipinski definition) is 1. The van der Waals surface area contributed by atoms with Gasteiger partial charge in [0.2, 0.25) is 0 Å². The van der Waals surface area contributed by atoms with Crippen LogP contribution in [0.3, 0.4) is 0 Å². The van der Waals surface area contributed by atoms with Crippen molar-refractivity contribution in [2.45, 2.75) is 25.3 Å². The van der Waals surface area contributed by atoms with Gasteiger partial charge in [-0.3, -0.25) is 0 Å². The lowest BCUT2D eigenvalue weighted by molar-refractivity contribution is -0.138. The average Bonchev–Trinajstić information content (AvgIpc) is 2.35. The van der Waals surface area contributed by atoms with Gasteiger partial charge in [0.1, 0.15) is 5.75 Å². The Labute approximate surface area is 99.4 Å². The molecular formula is C12H15NO4. The Bertz CT molecular complexity index is 375. The molecule has 0 radical (unpaired) electrons. The van der Waals surface area contributed by atoms with Gasteiger partial charge in [-0.1, -0.05) is 17.3 Å². The minimum absolute atomic E-state index is 0.269. The predicted molar refractivity (Wildman–Crippen MR) is 63.2 cm³/mol. The van der Waals surface area contributed by atoms with Gasteiger partial charge in [0.15, 0.2) is 6.04 Å². The van der Waals surface area contributed by atoms with Crippen molar-refractivity contribution in [1.29, 1.82) is 0 Å². The zero-order valence-corrected chi connectivity index (χ0v) is 9.63. The molecule has 17 heavy (non-hydrogen) atoms. The Hall–Kier alpha value is -1.91. The summed E-state index contributed by atoms with van der Waals surface area (Å²) in [5, 5.41) is 11.2. The molecule has 0 amide bonds. The molecule has 0 fully saturated rings. The molecule has 1 aromatic carbocycles. The minimum Gasteiger partial charge on any atom is -0.497 e. The quantitative estimate of drug-likeness (QED) is 0.738. The van der Waals surface area contributed by atoms with Crippen LogP contribution in [0.1, 0.15) is 18.4 Å². The Morgan fingerprint density at radius 1 is 1.41 bits per heavy atom. The maximum Gasteiger partial charge on any atom is 0.332 e. The molecule has 0 aliphatic carbocycles. The number of benzene rings is 1. The maximum absolute atomic E-state index is 10.5. The van der Waals surface area contributed by atoms with Crippen LogP contribution < -0.4 is 4.74 Å². The van der Waals surface area contributed by atoms with E-state index in [0.717, 1.165) is 17.7 Å². The normalized spacial score (nSPS) is 11.8. The van der Waals surface area contributed by atoms with Gasteiger partial charge < -0.3 is 9.84 Å². The highest BCUT2D eigenvalue weighted by Crippen LogP contribution is 2.14. The second-order valence-electron chi connectivity index (χ2n) is 3.70. The van der Waals surface area contributed by atoms with E-state index in [2.05, 4.69) is 5.18 Å². The van der Waals surface area contributed by atoms with E-state index in [1.807, 2.05) is 24.3 Å². The summed E-state index contributed by atoms with van der Waals surface area (Å²) < 4.78 is 5.03. The predicted octanol–water partition coefficient (Wildman–Crippen LogP) is 2.24. The first-order valence-corrected chi connectivity index (χ1v) is 5.35. The number of carboxylic acids is 1. The molecule has 1 aromatic rings. The van der Waals surface area contributed by atoms with Crippen LogP contribution in [0.2, 0.25) is 0 Å². The van der Waals surface area contributed by atoms with Gasteiger partial charge in [0.25, 0.3) is 0 Å². The van der Waals surface area contributed by atoms with E-state index >= 15 is 0 Å². The molecule has 0 bridgehead atoms. The first-order chi connectivity index (χ1) is 8.17. The first-order valence-electron chi connectivity index (χ1n) is 5.35. The third-order valence-corrected chi connectivity index (χ3v) is 2.51. The number of aliphatic carboxylic acids is 1. The van der Waals surface area contributed by atoms with Crippen LogP contribution in [0.15, 0.2) is 29.4 Å². The number of methoxy groups -OCH3 is 1. The second-order valence-corrected chi connectivity index (χ2v) is 3.70. The lowest BCUT2D eigenvalue weighted by Gasteiger charge is -2.05. The van der Waals surface area contributed by atoms with E-state index < -0.39 is 12.0 Å². The Morgan fingerprint density at radius 3 is 2.53 bits per heavy atom. The SMILES string of the molecule is COc1ccc(CCCC(N=O)C(=O)O)cc1. The summed E-state index contributed by atoms with van der Waals surface area (Å²) >= 11 is 0. The highest BCUT2D eigenvalue weighted by atomic mass is 16.5. The summed E-state index contributed by atoms with van der Waals surface area (Å²) in [5.74, 6) is -0.374. The summed E-state index contributed by atoms with van der Waals surface area (Å²) in [6.45, 7) is 0. The third kappa shape index (κ3) is 4.22. The van der Waals surface area contributed by atoms with E-state index in [0.29, 0.717) is 6.42 Å². The fraction of sp³-hybridized carbons (Fsp3) is 0.417. The molecule has 5 nitrogen and oxygen atoms in total. The number of hydrogen-bond acceptors (Lipinski definition) is 4.